The summed E-state index contributed by atoms with van der Waals surface area (Å²) in [7, 11) is 0. The molecule has 1 saturated heterocycles. The molecule has 6 nitrogen and oxygen atoms in total. The van der Waals surface area contributed by atoms with Crippen molar-refractivity contribution in [1.82, 2.24) is 20.0 Å². The van der Waals surface area contributed by atoms with Crippen molar-refractivity contribution in [2.24, 2.45) is 0 Å². The Morgan fingerprint density at radius 3 is 2.82 bits per heavy atom. The van der Waals surface area contributed by atoms with E-state index in [9.17, 15) is 9.18 Å². The molecule has 2 unspecified atom stereocenters. The largest absolute Gasteiger partial charge is 0.335 e. The van der Waals surface area contributed by atoms with Crippen LogP contribution in [0.25, 0.3) is 11.6 Å². The number of benzene rings is 1. The molecule has 1 amide bonds. The van der Waals surface area contributed by atoms with E-state index in [4.69, 9.17) is 16.1 Å². The Balaban J connectivity index is 1.54. The van der Waals surface area contributed by atoms with Crippen LogP contribution in [-0.4, -0.2) is 38.5 Å². The number of carbonyl (C=O) groups is 1. The maximum atomic E-state index is 13.3. The van der Waals surface area contributed by atoms with Crippen LogP contribution < -0.4 is 0 Å². The molecule has 0 radical (unpaired) electrons. The van der Waals surface area contributed by atoms with Crippen LogP contribution in [0.1, 0.15) is 41.9 Å². The molecule has 0 N–H and O–H groups in total. The Kier molecular flexibility index (Phi) is 5.09. The lowest BCUT2D eigenvalue weighted by Crippen LogP contribution is -2.45. The van der Waals surface area contributed by atoms with Gasteiger partial charge in [-0.05, 0) is 50.1 Å². The molecule has 1 fully saturated rings. The van der Waals surface area contributed by atoms with Crippen LogP contribution in [0.4, 0.5) is 4.39 Å². The van der Waals surface area contributed by atoms with Crippen LogP contribution in [0, 0.1) is 5.95 Å². The Hall–Kier alpha value is -2.80. The number of pyridine rings is 1. The van der Waals surface area contributed by atoms with Gasteiger partial charge in [-0.25, -0.2) is 4.98 Å². The van der Waals surface area contributed by atoms with Gasteiger partial charge in [0.15, 0.2) is 5.82 Å². The van der Waals surface area contributed by atoms with Crippen LogP contribution >= 0.6 is 11.6 Å². The zero-order chi connectivity index (χ0) is 19.7. The number of hydrogen-bond donors (Lipinski definition) is 0. The van der Waals surface area contributed by atoms with Crippen LogP contribution in [0.5, 0.6) is 0 Å². The van der Waals surface area contributed by atoms with Crippen molar-refractivity contribution in [3.05, 3.63) is 64.8 Å². The van der Waals surface area contributed by atoms with Crippen LogP contribution in [0.3, 0.4) is 0 Å². The minimum absolute atomic E-state index is 0.0645. The van der Waals surface area contributed by atoms with E-state index in [-0.39, 0.29) is 29.5 Å². The van der Waals surface area contributed by atoms with Gasteiger partial charge in [-0.15, -0.1) is 0 Å². The first-order chi connectivity index (χ1) is 13.5. The summed E-state index contributed by atoms with van der Waals surface area (Å²) in [6.45, 7) is 2.50. The van der Waals surface area contributed by atoms with Crippen LogP contribution in [0.2, 0.25) is 5.02 Å². The standard InChI is InChI=1S/C20H18ClFN4O2/c1-12-8-9-14(11-26(12)20(27)13-4-2-5-15(21)10-13)18-24-19(28-25-18)16-6-3-7-17(22)23-16/h2-7,10,12,14H,8-9,11H2,1H3. The van der Waals surface area contributed by atoms with E-state index >= 15 is 0 Å². The summed E-state index contributed by atoms with van der Waals surface area (Å²) in [5.41, 5.74) is 0.840. The van der Waals surface area contributed by atoms with Gasteiger partial charge >= 0.3 is 0 Å². The SMILES string of the molecule is CC1CCC(c2noc(-c3cccc(F)n3)n2)CN1C(=O)c1cccc(Cl)c1. The highest BCUT2D eigenvalue weighted by Gasteiger charge is 2.33. The minimum atomic E-state index is -0.609. The van der Waals surface area contributed by atoms with E-state index in [2.05, 4.69) is 15.1 Å². The minimum Gasteiger partial charge on any atom is -0.335 e. The smallest absolute Gasteiger partial charge is 0.276 e. The summed E-state index contributed by atoms with van der Waals surface area (Å²) in [4.78, 5) is 22.9. The molecule has 1 aliphatic rings. The van der Waals surface area contributed by atoms with E-state index in [0.717, 1.165) is 12.8 Å². The zero-order valence-electron chi connectivity index (χ0n) is 15.2. The van der Waals surface area contributed by atoms with Gasteiger partial charge < -0.3 is 9.42 Å². The second-order valence-corrected chi connectivity index (χ2v) is 7.33. The fourth-order valence-corrected chi connectivity index (χ4v) is 3.61. The third kappa shape index (κ3) is 3.75. The molecule has 3 heterocycles. The Morgan fingerprint density at radius 2 is 2.04 bits per heavy atom. The Labute approximate surface area is 166 Å². The monoisotopic (exact) mass is 400 g/mol. The van der Waals surface area contributed by atoms with Crippen molar-refractivity contribution in [2.75, 3.05) is 6.54 Å². The van der Waals surface area contributed by atoms with Gasteiger partial charge in [0.1, 0.15) is 5.69 Å². The molecule has 4 rings (SSSR count). The molecule has 2 aromatic heterocycles. The van der Waals surface area contributed by atoms with Crippen molar-refractivity contribution >= 4 is 17.5 Å². The third-order valence-corrected chi connectivity index (χ3v) is 5.19. The zero-order valence-corrected chi connectivity index (χ0v) is 15.9. The summed E-state index contributed by atoms with van der Waals surface area (Å²) >= 11 is 6.03. The lowest BCUT2D eigenvalue weighted by molar-refractivity contribution is 0.0605. The van der Waals surface area contributed by atoms with Gasteiger partial charge in [-0.3, -0.25) is 4.79 Å². The number of aromatic nitrogens is 3. The fourth-order valence-electron chi connectivity index (χ4n) is 3.42. The van der Waals surface area contributed by atoms with E-state index in [1.165, 1.54) is 12.1 Å². The van der Waals surface area contributed by atoms with Crippen molar-refractivity contribution in [1.29, 1.82) is 0 Å². The van der Waals surface area contributed by atoms with Crippen LogP contribution in [0.15, 0.2) is 47.0 Å². The summed E-state index contributed by atoms with van der Waals surface area (Å²) < 4.78 is 18.6. The first kappa shape index (κ1) is 18.6. The van der Waals surface area contributed by atoms with E-state index in [1.54, 1.807) is 30.3 Å². The lowest BCUT2D eigenvalue weighted by atomic mass is 9.92. The highest BCUT2D eigenvalue weighted by molar-refractivity contribution is 6.30. The number of hydrogen-bond acceptors (Lipinski definition) is 5. The number of likely N-dealkylation sites (tertiary alicyclic amines) is 1. The van der Waals surface area contributed by atoms with Gasteiger partial charge in [0.05, 0.1) is 0 Å². The summed E-state index contributed by atoms with van der Waals surface area (Å²) in [5.74, 6) is -0.0830. The first-order valence-corrected chi connectivity index (χ1v) is 9.42. The van der Waals surface area contributed by atoms with E-state index in [0.29, 0.717) is 23.0 Å². The average Bonchev–Trinajstić information content (AvgIpc) is 3.18. The predicted octanol–water partition coefficient (Wildman–Crippen LogP) is 4.33. The number of halogens is 2. The molecule has 28 heavy (non-hydrogen) atoms. The summed E-state index contributed by atoms with van der Waals surface area (Å²) in [5, 5.41) is 4.57. The van der Waals surface area contributed by atoms with Gasteiger partial charge in [0.25, 0.3) is 11.8 Å². The highest BCUT2D eigenvalue weighted by atomic mass is 35.5. The maximum absolute atomic E-state index is 13.3. The molecule has 0 bridgehead atoms. The summed E-state index contributed by atoms with van der Waals surface area (Å²) in [6.07, 6.45) is 1.65. The lowest BCUT2D eigenvalue weighted by Gasteiger charge is -2.37. The summed E-state index contributed by atoms with van der Waals surface area (Å²) in [6, 6.07) is 11.4. The van der Waals surface area contributed by atoms with Crippen molar-refractivity contribution in [3.63, 3.8) is 0 Å². The first-order valence-electron chi connectivity index (χ1n) is 9.04. The molecule has 1 aromatic carbocycles. The van der Waals surface area contributed by atoms with E-state index < -0.39 is 5.95 Å². The molecular formula is C20H18ClFN4O2. The topological polar surface area (TPSA) is 72.1 Å². The fraction of sp³-hybridized carbons (Fsp3) is 0.300. The predicted molar refractivity (Wildman–Crippen MR) is 101 cm³/mol. The number of carbonyl (C=O) groups excluding carboxylic acids is 1. The van der Waals surface area contributed by atoms with Crippen LogP contribution in [-0.2, 0) is 0 Å². The molecule has 3 aromatic rings. The molecule has 0 aliphatic carbocycles. The molecule has 0 spiro atoms. The average molecular weight is 401 g/mol. The van der Waals surface area contributed by atoms with Gasteiger partial charge in [-0.1, -0.05) is 28.9 Å². The van der Waals surface area contributed by atoms with E-state index in [1.807, 2.05) is 11.8 Å². The second-order valence-electron chi connectivity index (χ2n) is 6.89. The number of piperidine rings is 1. The Bertz CT molecular complexity index is 1010. The van der Waals surface area contributed by atoms with Gasteiger partial charge in [0, 0.05) is 29.1 Å². The molecule has 144 valence electrons. The Morgan fingerprint density at radius 1 is 1.21 bits per heavy atom. The van der Waals surface area contributed by atoms with Crippen molar-refractivity contribution in [3.8, 4) is 11.6 Å². The molecule has 0 saturated carbocycles. The van der Waals surface area contributed by atoms with Gasteiger partial charge in [-0.2, -0.15) is 9.37 Å². The highest BCUT2D eigenvalue weighted by Crippen LogP contribution is 2.31. The molecule has 8 heteroatoms. The number of nitrogens with zero attached hydrogens (tertiary/aromatic N) is 4. The quantitative estimate of drug-likeness (QED) is 0.612. The molecule has 2 atom stereocenters. The number of rotatable bonds is 3. The molecule has 1 aliphatic heterocycles. The number of amides is 1. The third-order valence-electron chi connectivity index (χ3n) is 4.96. The van der Waals surface area contributed by atoms with Gasteiger partial charge in [0.2, 0.25) is 5.95 Å². The maximum Gasteiger partial charge on any atom is 0.276 e. The normalized spacial score (nSPS) is 19.6. The molecular weight excluding hydrogens is 383 g/mol. The second kappa shape index (κ2) is 7.67. The van der Waals surface area contributed by atoms with Crippen molar-refractivity contribution < 1.29 is 13.7 Å². The van der Waals surface area contributed by atoms with Crippen molar-refractivity contribution in [2.45, 2.75) is 31.7 Å².